The van der Waals surface area contributed by atoms with E-state index in [1.807, 2.05) is 6.07 Å². The van der Waals surface area contributed by atoms with E-state index in [0.29, 0.717) is 12.1 Å². The zero-order chi connectivity index (χ0) is 8.67. The van der Waals surface area contributed by atoms with Crippen molar-refractivity contribution in [2.75, 3.05) is 11.9 Å². The van der Waals surface area contributed by atoms with Crippen LogP contribution in [0.3, 0.4) is 0 Å². The van der Waals surface area contributed by atoms with E-state index in [1.165, 1.54) is 6.42 Å². The Hall–Kier alpha value is -1.16. The van der Waals surface area contributed by atoms with Gasteiger partial charge in [0.1, 0.15) is 12.1 Å². The Morgan fingerprint density at radius 3 is 3.15 bits per heavy atom. The molecule has 4 rings (SSSR count). The quantitative estimate of drug-likeness (QED) is 0.678. The summed E-state index contributed by atoms with van der Waals surface area (Å²) in [5.74, 6) is 1.75. The summed E-state index contributed by atoms with van der Waals surface area (Å²) >= 11 is 0. The fourth-order valence-corrected chi connectivity index (χ4v) is 2.24. The Balaban J connectivity index is 1.71. The minimum absolute atomic E-state index is 0.592. The monoisotopic (exact) mass is 176 g/mol. The normalized spacial score (nSPS) is 35.5. The fourth-order valence-electron chi connectivity index (χ4n) is 2.24. The molecule has 4 nitrogen and oxygen atoms in total. The maximum absolute atomic E-state index is 4.15. The van der Waals surface area contributed by atoms with E-state index in [0.717, 1.165) is 18.3 Å². The van der Waals surface area contributed by atoms with E-state index in [2.05, 4.69) is 20.6 Å². The van der Waals surface area contributed by atoms with Crippen LogP contribution >= 0.6 is 0 Å². The van der Waals surface area contributed by atoms with Gasteiger partial charge in [-0.05, 0) is 18.4 Å². The van der Waals surface area contributed by atoms with Gasteiger partial charge in [-0.3, -0.25) is 0 Å². The summed E-state index contributed by atoms with van der Waals surface area (Å²) in [5.41, 5.74) is 0. The molecular formula is C9H12N4. The summed E-state index contributed by atoms with van der Waals surface area (Å²) in [6.45, 7) is 1.16. The van der Waals surface area contributed by atoms with Crippen molar-refractivity contribution in [2.24, 2.45) is 5.92 Å². The lowest BCUT2D eigenvalue weighted by Gasteiger charge is -2.35. The van der Waals surface area contributed by atoms with Crippen molar-refractivity contribution in [1.29, 1.82) is 0 Å². The molecule has 0 radical (unpaired) electrons. The topological polar surface area (TPSA) is 49.8 Å². The van der Waals surface area contributed by atoms with Crippen molar-refractivity contribution in [3.8, 4) is 0 Å². The first-order valence-electron chi connectivity index (χ1n) is 4.69. The number of hydrogen-bond acceptors (Lipinski definition) is 4. The molecule has 4 heteroatoms. The molecule has 0 aromatic carbocycles. The summed E-state index contributed by atoms with van der Waals surface area (Å²) in [7, 11) is 0. The Morgan fingerprint density at radius 1 is 1.54 bits per heavy atom. The Kier molecular flexibility index (Phi) is 1.49. The van der Waals surface area contributed by atoms with Gasteiger partial charge in [-0.25, -0.2) is 9.97 Å². The molecule has 2 N–H and O–H groups in total. The minimum Gasteiger partial charge on any atom is -0.365 e. The first-order valence-corrected chi connectivity index (χ1v) is 4.69. The highest BCUT2D eigenvalue weighted by molar-refractivity contribution is 5.36. The zero-order valence-corrected chi connectivity index (χ0v) is 7.27. The number of nitrogens with one attached hydrogen (secondary N) is 2. The van der Waals surface area contributed by atoms with Crippen molar-refractivity contribution in [3.63, 3.8) is 0 Å². The van der Waals surface area contributed by atoms with Crippen molar-refractivity contribution in [3.05, 3.63) is 18.6 Å². The van der Waals surface area contributed by atoms with Crippen LogP contribution in [-0.2, 0) is 0 Å². The van der Waals surface area contributed by atoms with E-state index in [-0.39, 0.29) is 0 Å². The average molecular weight is 176 g/mol. The zero-order valence-electron chi connectivity index (χ0n) is 7.27. The molecule has 3 aliphatic rings. The summed E-state index contributed by atoms with van der Waals surface area (Å²) in [4.78, 5) is 8.03. The third kappa shape index (κ3) is 1.09. The van der Waals surface area contributed by atoms with Crippen molar-refractivity contribution < 1.29 is 0 Å². The van der Waals surface area contributed by atoms with Gasteiger partial charge < -0.3 is 10.6 Å². The van der Waals surface area contributed by atoms with Gasteiger partial charge in [-0.2, -0.15) is 0 Å². The molecule has 0 amide bonds. The van der Waals surface area contributed by atoms with Gasteiger partial charge in [-0.15, -0.1) is 0 Å². The minimum atomic E-state index is 0.592. The SMILES string of the molecule is c1cc(NC2C3CNC2C3)ncn1. The number of hydrogen-bond donors (Lipinski definition) is 2. The Morgan fingerprint density at radius 2 is 2.54 bits per heavy atom. The van der Waals surface area contributed by atoms with E-state index < -0.39 is 0 Å². The predicted molar refractivity (Wildman–Crippen MR) is 49.3 cm³/mol. The number of aromatic nitrogens is 2. The molecular weight excluding hydrogens is 164 g/mol. The average Bonchev–Trinajstić information content (AvgIpc) is 2.77. The van der Waals surface area contributed by atoms with Crippen LogP contribution < -0.4 is 10.6 Å². The van der Waals surface area contributed by atoms with E-state index in [1.54, 1.807) is 12.5 Å². The van der Waals surface area contributed by atoms with Crippen LogP contribution in [0.15, 0.2) is 18.6 Å². The molecule has 2 saturated heterocycles. The molecule has 68 valence electrons. The lowest BCUT2D eigenvalue weighted by molar-refractivity contribution is 0.326. The van der Waals surface area contributed by atoms with Crippen LogP contribution in [-0.4, -0.2) is 28.6 Å². The molecule has 3 fully saturated rings. The van der Waals surface area contributed by atoms with Gasteiger partial charge in [0.15, 0.2) is 0 Å². The lowest BCUT2D eigenvalue weighted by atomic mass is 9.80. The smallest absolute Gasteiger partial charge is 0.129 e. The van der Waals surface area contributed by atoms with Gasteiger partial charge in [0.2, 0.25) is 0 Å². The van der Waals surface area contributed by atoms with Crippen LogP contribution in [0.5, 0.6) is 0 Å². The summed E-state index contributed by atoms with van der Waals surface area (Å²) < 4.78 is 0. The first-order chi connectivity index (χ1) is 6.43. The van der Waals surface area contributed by atoms with Crippen LogP contribution in [0.1, 0.15) is 6.42 Å². The highest BCUT2D eigenvalue weighted by atomic mass is 15.2. The molecule has 3 heterocycles. The molecule has 3 atom stereocenters. The number of rotatable bonds is 2. The highest BCUT2D eigenvalue weighted by Crippen LogP contribution is 2.35. The van der Waals surface area contributed by atoms with Gasteiger partial charge >= 0.3 is 0 Å². The maximum atomic E-state index is 4.15. The number of nitrogens with zero attached hydrogens (tertiary/aromatic N) is 2. The Labute approximate surface area is 76.8 Å². The molecule has 1 saturated carbocycles. The van der Waals surface area contributed by atoms with Crippen LogP contribution in [0.25, 0.3) is 0 Å². The van der Waals surface area contributed by atoms with Gasteiger partial charge in [0.05, 0.1) is 0 Å². The second kappa shape index (κ2) is 2.67. The first kappa shape index (κ1) is 7.26. The second-order valence-electron chi connectivity index (χ2n) is 3.78. The Bertz CT molecular complexity index is 286. The molecule has 13 heavy (non-hydrogen) atoms. The second-order valence-corrected chi connectivity index (χ2v) is 3.78. The number of anilines is 1. The van der Waals surface area contributed by atoms with Crippen LogP contribution in [0.4, 0.5) is 5.82 Å². The van der Waals surface area contributed by atoms with Gasteiger partial charge in [0, 0.05) is 24.8 Å². The van der Waals surface area contributed by atoms with Gasteiger partial charge in [-0.1, -0.05) is 0 Å². The molecule has 2 bridgehead atoms. The van der Waals surface area contributed by atoms with Crippen molar-refractivity contribution >= 4 is 5.82 Å². The molecule has 2 aliphatic heterocycles. The third-order valence-corrected chi connectivity index (χ3v) is 3.04. The summed E-state index contributed by atoms with van der Waals surface area (Å²) in [5, 5.41) is 6.88. The van der Waals surface area contributed by atoms with E-state index in [4.69, 9.17) is 0 Å². The maximum Gasteiger partial charge on any atom is 0.129 e. The standard InChI is InChI=1S/C9H12N4/c1-2-10-5-12-8(1)13-9-6-3-7(9)11-4-6/h1-2,5-7,9,11H,3-4H2,(H,10,12,13). The summed E-state index contributed by atoms with van der Waals surface area (Å²) in [6.07, 6.45) is 4.67. The third-order valence-electron chi connectivity index (χ3n) is 3.04. The van der Waals surface area contributed by atoms with Crippen molar-refractivity contribution in [2.45, 2.75) is 18.5 Å². The molecule has 1 aromatic rings. The molecule has 1 aromatic heterocycles. The molecule has 3 unspecified atom stereocenters. The molecule has 1 aliphatic carbocycles. The lowest BCUT2D eigenvalue weighted by Crippen LogP contribution is -2.47. The fraction of sp³-hybridized carbons (Fsp3) is 0.556. The largest absolute Gasteiger partial charge is 0.365 e. The van der Waals surface area contributed by atoms with Crippen molar-refractivity contribution in [1.82, 2.24) is 15.3 Å². The van der Waals surface area contributed by atoms with E-state index in [9.17, 15) is 0 Å². The molecule has 0 spiro atoms. The van der Waals surface area contributed by atoms with Crippen LogP contribution in [0.2, 0.25) is 0 Å². The van der Waals surface area contributed by atoms with Gasteiger partial charge in [0.25, 0.3) is 0 Å². The summed E-state index contributed by atoms with van der Waals surface area (Å²) in [6, 6.07) is 3.17. The number of fused-ring (bicyclic) bond motifs is 1. The van der Waals surface area contributed by atoms with Crippen LogP contribution in [0, 0.1) is 5.92 Å². The highest BCUT2D eigenvalue weighted by Gasteiger charge is 2.46. The predicted octanol–water partition coefficient (Wildman–Crippen LogP) is 0.249. The van der Waals surface area contributed by atoms with E-state index >= 15 is 0 Å².